The summed E-state index contributed by atoms with van der Waals surface area (Å²) in [4.78, 5) is 20.7. The Morgan fingerprint density at radius 2 is 2.23 bits per heavy atom. The molecule has 6 nitrogen and oxygen atoms in total. The van der Waals surface area contributed by atoms with E-state index < -0.39 is 0 Å². The minimum absolute atomic E-state index is 0.0523. The number of rotatable bonds is 3. The Labute approximate surface area is 131 Å². The number of aromatic nitrogens is 1. The van der Waals surface area contributed by atoms with E-state index in [0.29, 0.717) is 26.3 Å². The summed E-state index contributed by atoms with van der Waals surface area (Å²) in [6, 6.07) is 4.36. The number of carbonyl (C=O) groups excluding carboxylic acids is 1. The highest BCUT2D eigenvalue weighted by Gasteiger charge is 2.24. The van der Waals surface area contributed by atoms with Crippen LogP contribution in [0.2, 0.25) is 0 Å². The molecule has 0 unspecified atom stereocenters. The van der Waals surface area contributed by atoms with Gasteiger partial charge in [0.1, 0.15) is 0 Å². The highest BCUT2D eigenvalue weighted by Crippen LogP contribution is 2.13. The number of pyridine rings is 1. The Hall–Kier alpha value is -1.66. The zero-order chi connectivity index (χ0) is 15.2. The lowest BCUT2D eigenvalue weighted by Gasteiger charge is -2.35. The molecule has 0 spiro atoms. The number of hydrogen-bond acceptors (Lipinski definition) is 4. The summed E-state index contributed by atoms with van der Waals surface area (Å²) in [6.07, 6.45) is 5.88. The topological polar surface area (TPSA) is 57.7 Å². The molecule has 2 amide bonds. The third-order valence-corrected chi connectivity index (χ3v) is 4.26. The Balaban J connectivity index is 1.48. The van der Waals surface area contributed by atoms with E-state index in [1.165, 1.54) is 5.56 Å². The molecule has 22 heavy (non-hydrogen) atoms. The highest BCUT2D eigenvalue weighted by molar-refractivity contribution is 5.74. The summed E-state index contributed by atoms with van der Waals surface area (Å²) in [7, 11) is 0. The maximum atomic E-state index is 12.3. The summed E-state index contributed by atoms with van der Waals surface area (Å²) in [6.45, 7) is 5.56. The molecule has 3 rings (SSSR count). The first-order chi connectivity index (χ1) is 10.8. The van der Waals surface area contributed by atoms with Crippen molar-refractivity contribution in [2.24, 2.45) is 0 Å². The lowest BCUT2D eigenvalue weighted by Crippen LogP contribution is -2.53. The van der Waals surface area contributed by atoms with Crippen molar-refractivity contribution in [3.05, 3.63) is 30.1 Å². The summed E-state index contributed by atoms with van der Waals surface area (Å²) in [5, 5.41) is 3.18. The van der Waals surface area contributed by atoms with Crippen LogP contribution in [0, 0.1) is 0 Å². The van der Waals surface area contributed by atoms with Gasteiger partial charge in [-0.15, -0.1) is 0 Å². The number of likely N-dealkylation sites (tertiary alicyclic amines) is 1. The smallest absolute Gasteiger partial charge is 0.317 e. The third-order valence-electron chi connectivity index (χ3n) is 4.26. The van der Waals surface area contributed by atoms with Crippen LogP contribution in [0.25, 0.3) is 0 Å². The summed E-state index contributed by atoms with van der Waals surface area (Å²) < 4.78 is 5.29. The fourth-order valence-corrected chi connectivity index (χ4v) is 3.10. The molecule has 0 saturated carbocycles. The Morgan fingerprint density at radius 3 is 3.00 bits per heavy atom. The molecule has 2 fully saturated rings. The van der Waals surface area contributed by atoms with Gasteiger partial charge in [-0.2, -0.15) is 0 Å². The number of piperidine rings is 1. The summed E-state index contributed by atoms with van der Waals surface area (Å²) in [5.41, 5.74) is 1.22. The minimum atomic E-state index is 0.0523. The Kier molecular flexibility index (Phi) is 5.24. The first-order valence-electron chi connectivity index (χ1n) is 8.06. The molecular formula is C16H24N4O2. The number of ether oxygens (including phenoxy) is 1. The predicted molar refractivity (Wildman–Crippen MR) is 83.5 cm³/mol. The average molecular weight is 304 g/mol. The van der Waals surface area contributed by atoms with Gasteiger partial charge in [-0.25, -0.2) is 4.79 Å². The number of morpholine rings is 1. The predicted octanol–water partition coefficient (Wildman–Crippen LogP) is 1.09. The van der Waals surface area contributed by atoms with Gasteiger partial charge < -0.3 is 15.0 Å². The van der Waals surface area contributed by atoms with Crippen LogP contribution in [0.4, 0.5) is 4.79 Å². The van der Waals surface area contributed by atoms with Crippen LogP contribution < -0.4 is 5.32 Å². The molecule has 0 radical (unpaired) electrons. The molecular weight excluding hydrogens is 280 g/mol. The van der Waals surface area contributed by atoms with Crippen LogP contribution in [0.1, 0.15) is 18.4 Å². The van der Waals surface area contributed by atoms with Gasteiger partial charge in [0.15, 0.2) is 0 Å². The Morgan fingerprint density at radius 1 is 1.36 bits per heavy atom. The molecule has 1 atom stereocenters. The van der Waals surface area contributed by atoms with Crippen molar-refractivity contribution in [2.75, 3.05) is 39.4 Å². The van der Waals surface area contributed by atoms with Gasteiger partial charge in [-0.1, -0.05) is 6.07 Å². The van der Waals surface area contributed by atoms with Crippen LogP contribution in [0.5, 0.6) is 0 Å². The molecule has 0 aliphatic carbocycles. The van der Waals surface area contributed by atoms with Gasteiger partial charge in [-0.3, -0.25) is 9.88 Å². The molecule has 2 aliphatic rings. The second-order valence-corrected chi connectivity index (χ2v) is 5.98. The van der Waals surface area contributed by atoms with E-state index in [2.05, 4.69) is 21.3 Å². The van der Waals surface area contributed by atoms with Gasteiger partial charge >= 0.3 is 6.03 Å². The van der Waals surface area contributed by atoms with E-state index in [1.54, 1.807) is 6.20 Å². The lowest BCUT2D eigenvalue weighted by molar-refractivity contribution is 0.0513. The van der Waals surface area contributed by atoms with Crippen LogP contribution in [-0.4, -0.2) is 66.2 Å². The van der Waals surface area contributed by atoms with Crippen molar-refractivity contribution >= 4 is 6.03 Å². The highest BCUT2D eigenvalue weighted by atomic mass is 16.5. The third kappa shape index (κ3) is 4.18. The standard InChI is InChI=1S/C16H24N4O2/c21-16(20-7-9-22-10-8-20)18-15-4-2-6-19(13-15)12-14-3-1-5-17-11-14/h1,3,5,11,15H,2,4,6-10,12-13H2,(H,18,21)/t15-/m0/s1. The van der Waals surface area contributed by atoms with Crippen molar-refractivity contribution in [1.82, 2.24) is 20.1 Å². The van der Waals surface area contributed by atoms with Crippen molar-refractivity contribution in [3.8, 4) is 0 Å². The van der Waals surface area contributed by atoms with Crippen molar-refractivity contribution in [2.45, 2.75) is 25.4 Å². The quantitative estimate of drug-likeness (QED) is 0.908. The number of nitrogens with one attached hydrogen (secondary N) is 1. The molecule has 3 heterocycles. The van der Waals surface area contributed by atoms with E-state index >= 15 is 0 Å². The van der Waals surface area contributed by atoms with Crippen LogP contribution >= 0.6 is 0 Å². The van der Waals surface area contributed by atoms with E-state index in [4.69, 9.17) is 4.74 Å². The van der Waals surface area contributed by atoms with E-state index in [-0.39, 0.29) is 12.1 Å². The van der Waals surface area contributed by atoms with Gasteiger partial charge in [0.2, 0.25) is 0 Å². The first kappa shape index (κ1) is 15.2. The van der Waals surface area contributed by atoms with Crippen molar-refractivity contribution < 1.29 is 9.53 Å². The number of urea groups is 1. The maximum absolute atomic E-state index is 12.3. The largest absolute Gasteiger partial charge is 0.378 e. The van der Waals surface area contributed by atoms with Gasteiger partial charge in [0.05, 0.1) is 13.2 Å². The van der Waals surface area contributed by atoms with Crippen LogP contribution in [0.15, 0.2) is 24.5 Å². The molecule has 2 aliphatic heterocycles. The summed E-state index contributed by atoms with van der Waals surface area (Å²) >= 11 is 0. The normalized spacial score (nSPS) is 23.3. The second-order valence-electron chi connectivity index (χ2n) is 5.98. The Bertz CT molecular complexity index is 476. The molecule has 2 saturated heterocycles. The van der Waals surface area contributed by atoms with Crippen molar-refractivity contribution in [3.63, 3.8) is 0 Å². The molecule has 0 bridgehead atoms. The molecule has 6 heteroatoms. The van der Waals surface area contributed by atoms with Crippen LogP contribution in [-0.2, 0) is 11.3 Å². The SMILES string of the molecule is O=C(N[C@H]1CCCN(Cc2cccnc2)C1)N1CCOCC1. The molecule has 120 valence electrons. The van der Waals surface area contributed by atoms with Gasteiger partial charge in [0.25, 0.3) is 0 Å². The van der Waals surface area contributed by atoms with Gasteiger partial charge in [-0.05, 0) is 31.0 Å². The first-order valence-corrected chi connectivity index (χ1v) is 8.06. The molecule has 0 aromatic carbocycles. The van der Waals surface area contributed by atoms with Crippen LogP contribution in [0.3, 0.4) is 0 Å². The zero-order valence-corrected chi connectivity index (χ0v) is 12.9. The average Bonchev–Trinajstić information content (AvgIpc) is 2.57. The number of nitrogens with zero attached hydrogens (tertiary/aromatic N) is 3. The van der Waals surface area contributed by atoms with Gasteiger partial charge in [0, 0.05) is 44.6 Å². The molecule has 1 aromatic heterocycles. The number of carbonyl (C=O) groups is 1. The van der Waals surface area contributed by atoms with E-state index in [0.717, 1.165) is 32.5 Å². The van der Waals surface area contributed by atoms with E-state index in [1.807, 2.05) is 17.2 Å². The monoisotopic (exact) mass is 304 g/mol. The number of amides is 2. The molecule has 1 N–H and O–H groups in total. The zero-order valence-electron chi connectivity index (χ0n) is 12.9. The summed E-state index contributed by atoms with van der Waals surface area (Å²) in [5.74, 6) is 0. The molecule has 1 aromatic rings. The maximum Gasteiger partial charge on any atom is 0.317 e. The lowest BCUT2D eigenvalue weighted by atomic mass is 10.1. The van der Waals surface area contributed by atoms with Crippen molar-refractivity contribution in [1.29, 1.82) is 0 Å². The van der Waals surface area contributed by atoms with E-state index in [9.17, 15) is 4.79 Å². The number of hydrogen-bond donors (Lipinski definition) is 1. The fourth-order valence-electron chi connectivity index (χ4n) is 3.10. The minimum Gasteiger partial charge on any atom is -0.378 e. The second kappa shape index (κ2) is 7.56. The fraction of sp³-hybridized carbons (Fsp3) is 0.625.